The molecule has 1 aromatic carbocycles. The van der Waals surface area contributed by atoms with Gasteiger partial charge in [-0.2, -0.15) is 0 Å². The van der Waals surface area contributed by atoms with Crippen LogP contribution < -0.4 is 5.73 Å². The van der Waals surface area contributed by atoms with E-state index in [0.717, 1.165) is 6.07 Å². The number of benzene rings is 1. The third-order valence-corrected chi connectivity index (χ3v) is 3.91. The maximum atomic E-state index is 12.9. The van der Waals surface area contributed by atoms with Gasteiger partial charge in [0.15, 0.2) is 9.84 Å². The van der Waals surface area contributed by atoms with E-state index in [0.29, 0.717) is 5.56 Å². The minimum absolute atomic E-state index is 0.124. The Bertz CT molecular complexity index is 454. The first kappa shape index (κ1) is 12.1. The molecule has 0 radical (unpaired) electrons. The third kappa shape index (κ3) is 3.00. The highest BCUT2D eigenvalue weighted by molar-refractivity contribution is 7.91. The summed E-state index contributed by atoms with van der Waals surface area (Å²) in [7, 11) is -3.39. The number of nitrogens with two attached hydrogens (primary N) is 1. The summed E-state index contributed by atoms with van der Waals surface area (Å²) in [4.78, 5) is 0.124. The maximum Gasteiger partial charge on any atom is 0.179 e. The Hall–Kier alpha value is -0.940. The molecule has 1 atom stereocenters. The van der Waals surface area contributed by atoms with Crippen molar-refractivity contribution in [2.24, 2.45) is 5.73 Å². The third-order valence-electron chi connectivity index (χ3n) is 1.97. The van der Waals surface area contributed by atoms with E-state index in [1.54, 1.807) is 6.92 Å². The van der Waals surface area contributed by atoms with Crippen molar-refractivity contribution < 1.29 is 12.8 Å². The Kier molecular flexibility index (Phi) is 3.46. The molecular weight excluding hydrogens is 217 g/mol. The highest BCUT2D eigenvalue weighted by Gasteiger charge is 2.17. The smallest absolute Gasteiger partial charge is 0.179 e. The van der Waals surface area contributed by atoms with Crippen molar-refractivity contribution in [3.63, 3.8) is 0 Å². The lowest BCUT2D eigenvalue weighted by Gasteiger charge is -2.08. The summed E-state index contributed by atoms with van der Waals surface area (Å²) in [5.74, 6) is -0.535. The number of rotatable bonds is 3. The lowest BCUT2D eigenvalue weighted by molar-refractivity contribution is 0.588. The molecule has 0 saturated carbocycles. The van der Waals surface area contributed by atoms with Crippen LogP contribution in [0.5, 0.6) is 0 Å². The highest BCUT2D eigenvalue weighted by Crippen LogP contribution is 2.15. The Labute approximate surface area is 89.0 Å². The largest absolute Gasteiger partial charge is 0.327 e. The van der Waals surface area contributed by atoms with Gasteiger partial charge >= 0.3 is 0 Å². The van der Waals surface area contributed by atoms with Crippen LogP contribution in [0.1, 0.15) is 12.5 Å². The summed E-state index contributed by atoms with van der Waals surface area (Å²) in [6, 6.07) is 3.32. The summed E-state index contributed by atoms with van der Waals surface area (Å²) in [6.07, 6.45) is 0. The van der Waals surface area contributed by atoms with Crippen LogP contribution in [-0.2, 0) is 9.84 Å². The quantitative estimate of drug-likeness (QED) is 0.796. The van der Waals surface area contributed by atoms with Gasteiger partial charge in [0.1, 0.15) is 5.82 Å². The molecule has 84 valence electrons. The molecule has 0 aliphatic heterocycles. The minimum atomic E-state index is -3.39. The standard InChI is InChI=1S/C10H14FNO2S/c1-7-5-9(3-4-10(7)11)15(13,14)6-8(2)12/h3-5,8H,6,12H2,1-2H3. The number of hydrogen-bond acceptors (Lipinski definition) is 3. The zero-order valence-corrected chi connectivity index (χ0v) is 9.51. The zero-order valence-electron chi connectivity index (χ0n) is 8.70. The molecule has 0 aliphatic carbocycles. The topological polar surface area (TPSA) is 60.2 Å². The van der Waals surface area contributed by atoms with Gasteiger partial charge in [0.05, 0.1) is 10.6 Å². The van der Waals surface area contributed by atoms with Crippen molar-refractivity contribution in [2.45, 2.75) is 24.8 Å². The molecule has 0 fully saturated rings. The van der Waals surface area contributed by atoms with Gasteiger partial charge in [-0.25, -0.2) is 12.8 Å². The molecule has 0 spiro atoms. The lowest BCUT2D eigenvalue weighted by Crippen LogP contribution is -2.26. The molecule has 1 unspecified atom stereocenters. The summed E-state index contributed by atoms with van der Waals surface area (Å²) in [6.45, 7) is 3.15. The fraction of sp³-hybridized carbons (Fsp3) is 0.400. The highest BCUT2D eigenvalue weighted by atomic mass is 32.2. The van der Waals surface area contributed by atoms with Crippen molar-refractivity contribution in [1.29, 1.82) is 0 Å². The lowest BCUT2D eigenvalue weighted by atomic mass is 10.2. The Morgan fingerprint density at radius 2 is 2.07 bits per heavy atom. The van der Waals surface area contributed by atoms with Crippen molar-refractivity contribution in [1.82, 2.24) is 0 Å². The second kappa shape index (κ2) is 4.28. The van der Waals surface area contributed by atoms with Crippen LogP contribution in [0.3, 0.4) is 0 Å². The van der Waals surface area contributed by atoms with Gasteiger partial charge in [-0.15, -0.1) is 0 Å². The van der Waals surface area contributed by atoms with Crippen LogP contribution in [-0.4, -0.2) is 20.2 Å². The molecule has 3 nitrogen and oxygen atoms in total. The van der Waals surface area contributed by atoms with Crippen LogP contribution in [0.2, 0.25) is 0 Å². The predicted octanol–water partition coefficient (Wildman–Crippen LogP) is 1.26. The second-order valence-electron chi connectivity index (χ2n) is 3.67. The first-order valence-electron chi connectivity index (χ1n) is 4.57. The van der Waals surface area contributed by atoms with E-state index < -0.39 is 21.7 Å². The van der Waals surface area contributed by atoms with E-state index in [4.69, 9.17) is 5.73 Å². The first-order valence-corrected chi connectivity index (χ1v) is 6.22. The summed E-state index contributed by atoms with van der Waals surface area (Å²) >= 11 is 0. The predicted molar refractivity (Wildman–Crippen MR) is 56.8 cm³/mol. The molecular formula is C10H14FNO2S. The molecule has 0 aliphatic rings. The van der Waals surface area contributed by atoms with Crippen LogP contribution in [0, 0.1) is 12.7 Å². The average Bonchev–Trinajstić information content (AvgIpc) is 2.07. The molecule has 15 heavy (non-hydrogen) atoms. The van der Waals surface area contributed by atoms with Gasteiger partial charge in [-0.05, 0) is 37.6 Å². The summed E-state index contributed by atoms with van der Waals surface area (Å²) in [5, 5.41) is 0. The maximum absolute atomic E-state index is 12.9. The molecule has 0 saturated heterocycles. The minimum Gasteiger partial charge on any atom is -0.327 e. The fourth-order valence-electron chi connectivity index (χ4n) is 1.25. The number of halogens is 1. The first-order chi connectivity index (χ1) is 6.83. The van der Waals surface area contributed by atoms with Crippen molar-refractivity contribution >= 4 is 9.84 Å². The second-order valence-corrected chi connectivity index (χ2v) is 5.70. The van der Waals surface area contributed by atoms with Crippen LogP contribution >= 0.6 is 0 Å². The number of sulfone groups is 1. The monoisotopic (exact) mass is 231 g/mol. The van der Waals surface area contributed by atoms with Gasteiger partial charge in [0, 0.05) is 6.04 Å². The molecule has 0 amide bonds. The van der Waals surface area contributed by atoms with E-state index in [1.165, 1.54) is 19.1 Å². The molecule has 0 heterocycles. The van der Waals surface area contributed by atoms with Crippen LogP contribution in [0.4, 0.5) is 4.39 Å². The molecule has 0 aromatic heterocycles. The Balaban J connectivity index is 3.11. The van der Waals surface area contributed by atoms with E-state index in [1.807, 2.05) is 0 Å². The molecule has 0 bridgehead atoms. The van der Waals surface area contributed by atoms with Gasteiger partial charge in [-0.3, -0.25) is 0 Å². The van der Waals surface area contributed by atoms with E-state index in [2.05, 4.69) is 0 Å². The number of hydrogen-bond donors (Lipinski definition) is 1. The van der Waals surface area contributed by atoms with Crippen molar-refractivity contribution in [3.8, 4) is 0 Å². The van der Waals surface area contributed by atoms with E-state index in [9.17, 15) is 12.8 Å². The van der Waals surface area contributed by atoms with Crippen LogP contribution in [0.25, 0.3) is 0 Å². The SMILES string of the molecule is Cc1cc(S(=O)(=O)CC(C)N)ccc1F. The van der Waals surface area contributed by atoms with Gasteiger partial charge in [0.2, 0.25) is 0 Å². The average molecular weight is 231 g/mol. The van der Waals surface area contributed by atoms with Gasteiger partial charge in [-0.1, -0.05) is 0 Å². The van der Waals surface area contributed by atoms with E-state index in [-0.39, 0.29) is 10.6 Å². The molecule has 2 N–H and O–H groups in total. The van der Waals surface area contributed by atoms with Gasteiger partial charge in [0.25, 0.3) is 0 Å². The zero-order chi connectivity index (χ0) is 11.6. The summed E-state index contributed by atoms with van der Waals surface area (Å²) in [5.41, 5.74) is 5.75. The normalized spacial score (nSPS) is 13.9. The van der Waals surface area contributed by atoms with Gasteiger partial charge < -0.3 is 5.73 Å². The Morgan fingerprint density at radius 3 is 2.53 bits per heavy atom. The molecule has 1 aromatic rings. The number of aryl methyl sites for hydroxylation is 1. The van der Waals surface area contributed by atoms with Crippen LogP contribution in [0.15, 0.2) is 23.1 Å². The fourth-order valence-corrected chi connectivity index (χ4v) is 2.77. The Morgan fingerprint density at radius 1 is 1.47 bits per heavy atom. The van der Waals surface area contributed by atoms with E-state index >= 15 is 0 Å². The van der Waals surface area contributed by atoms with Crippen molar-refractivity contribution in [3.05, 3.63) is 29.6 Å². The van der Waals surface area contributed by atoms with Crippen molar-refractivity contribution in [2.75, 3.05) is 5.75 Å². The summed E-state index contributed by atoms with van der Waals surface area (Å²) < 4.78 is 36.3. The molecule has 5 heteroatoms. The molecule has 1 rings (SSSR count).